The molecule has 0 aromatic carbocycles. The van der Waals surface area contributed by atoms with Crippen molar-refractivity contribution in [3.63, 3.8) is 0 Å². The van der Waals surface area contributed by atoms with E-state index in [1.807, 2.05) is 0 Å². The average Bonchev–Trinajstić information content (AvgIpc) is 3.28. The van der Waals surface area contributed by atoms with Crippen molar-refractivity contribution in [2.45, 2.75) is 271 Å². The van der Waals surface area contributed by atoms with Gasteiger partial charge in [-0.15, -0.1) is 0 Å². The summed E-state index contributed by atoms with van der Waals surface area (Å²) in [7, 11) is 0. The molecule has 6 heteroatoms. The molecule has 0 N–H and O–H groups in total. The van der Waals surface area contributed by atoms with Crippen LogP contribution in [-0.2, 0) is 28.6 Å². The number of ether oxygens (including phenoxy) is 3. The fraction of sp³-hybridized carbons (Fsp3) is 0.772. The summed E-state index contributed by atoms with van der Waals surface area (Å²) in [5.41, 5.74) is 0. The van der Waals surface area contributed by atoms with Gasteiger partial charge < -0.3 is 14.2 Å². The maximum absolute atomic E-state index is 12.8. The van der Waals surface area contributed by atoms with Gasteiger partial charge in [-0.05, 0) is 109 Å². The van der Waals surface area contributed by atoms with Gasteiger partial charge in [0.05, 0.1) is 0 Å². The number of esters is 3. The number of hydrogen-bond acceptors (Lipinski definition) is 6. The number of allylic oxidation sites excluding steroid dienone is 10. The second-order valence-corrected chi connectivity index (χ2v) is 17.8. The monoisotopic (exact) mass is 881 g/mol. The highest BCUT2D eigenvalue weighted by atomic mass is 16.6. The zero-order valence-electron chi connectivity index (χ0n) is 41.6. The number of unbranched alkanes of at least 4 members (excludes halogenated alkanes) is 27. The van der Waals surface area contributed by atoms with Crippen molar-refractivity contribution in [2.24, 2.45) is 0 Å². The van der Waals surface area contributed by atoms with Gasteiger partial charge in [-0.25, -0.2) is 0 Å². The van der Waals surface area contributed by atoms with Gasteiger partial charge in [0.1, 0.15) is 13.2 Å². The van der Waals surface area contributed by atoms with E-state index in [4.69, 9.17) is 14.2 Å². The molecule has 0 aliphatic carbocycles. The number of carbonyl (C=O) groups is 3. The fourth-order valence-electron chi connectivity index (χ4n) is 7.38. The number of carbonyl (C=O) groups excluding carboxylic acids is 3. The van der Waals surface area contributed by atoms with E-state index in [2.05, 4.69) is 81.5 Å². The van der Waals surface area contributed by atoms with Crippen LogP contribution in [0.4, 0.5) is 0 Å². The van der Waals surface area contributed by atoms with E-state index in [0.717, 1.165) is 109 Å². The number of rotatable bonds is 48. The van der Waals surface area contributed by atoms with E-state index in [9.17, 15) is 14.4 Å². The Morgan fingerprint density at radius 1 is 0.317 bits per heavy atom. The summed E-state index contributed by atoms with van der Waals surface area (Å²) >= 11 is 0. The molecule has 1 unspecified atom stereocenters. The molecule has 0 aromatic rings. The highest BCUT2D eigenvalue weighted by Gasteiger charge is 2.19. The molecule has 0 bridgehead atoms. The zero-order valence-corrected chi connectivity index (χ0v) is 41.6. The molecule has 0 fully saturated rings. The van der Waals surface area contributed by atoms with Crippen molar-refractivity contribution in [2.75, 3.05) is 13.2 Å². The maximum atomic E-state index is 12.8. The second kappa shape index (κ2) is 51.7. The Balaban J connectivity index is 4.44. The van der Waals surface area contributed by atoms with Crippen molar-refractivity contribution in [3.8, 4) is 0 Å². The highest BCUT2D eigenvalue weighted by molar-refractivity contribution is 5.71. The van der Waals surface area contributed by atoms with E-state index >= 15 is 0 Å². The molecule has 0 aliphatic rings. The van der Waals surface area contributed by atoms with Crippen LogP contribution in [0.25, 0.3) is 0 Å². The van der Waals surface area contributed by atoms with Crippen LogP contribution in [0.1, 0.15) is 265 Å². The van der Waals surface area contributed by atoms with E-state index < -0.39 is 6.10 Å². The van der Waals surface area contributed by atoms with Crippen LogP contribution >= 0.6 is 0 Å². The predicted octanol–water partition coefficient (Wildman–Crippen LogP) is 17.6. The van der Waals surface area contributed by atoms with Crippen LogP contribution in [-0.4, -0.2) is 37.2 Å². The molecule has 0 aliphatic heterocycles. The molecule has 364 valence electrons. The summed E-state index contributed by atoms with van der Waals surface area (Å²) < 4.78 is 16.8. The Kier molecular flexibility index (Phi) is 49.4. The summed E-state index contributed by atoms with van der Waals surface area (Å²) in [5.74, 6) is -0.919. The molecule has 0 saturated carbocycles. The Hall–Kier alpha value is -2.89. The van der Waals surface area contributed by atoms with Crippen molar-refractivity contribution in [1.82, 2.24) is 0 Å². The van der Waals surface area contributed by atoms with Gasteiger partial charge in [-0.1, -0.05) is 197 Å². The lowest BCUT2D eigenvalue weighted by atomic mass is 10.1. The minimum atomic E-state index is -0.790. The first-order valence-electron chi connectivity index (χ1n) is 26.8. The zero-order chi connectivity index (χ0) is 45.8. The molecule has 0 aromatic heterocycles. The Morgan fingerprint density at radius 3 is 0.921 bits per heavy atom. The first kappa shape index (κ1) is 60.1. The Morgan fingerprint density at radius 2 is 0.571 bits per heavy atom. The SMILES string of the molecule is CCCCCC=CC/C=C/CCCCCCCC(=O)OCC(COC(=O)CCCCCCC/C=C/CCCCCCCC)OC(=O)CCCCCCC/C=C/CC=CCCCCC. The van der Waals surface area contributed by atoms with Crippen molar-refractivity contribution < 1.29 is 28.6 Å². The highest BCUT2D eigenvalue weighted by Crippen LogP contribution is 2.14. The largest absolute Gasteiger partial charge is 0.462 e. The van der Waals surface area contributed by atoms with Crippen molar-refractivity contribution >= 4 is 17.9 Å². The third-order valence-corrected chi connectivity index (χ3v) is 11.5. The van der Waals surface area contributed by atoms with E-state index in [1.165, 1.54) is 116 Å². The fourth-order valence-corrected chi connectivity index (χ4v) is 7.38. The summed E-state index contributed by atoms with van der Waals surface area (Å²) in [5, 5.41) is 0. The van der Waals surface area contributed by atoms with Crippen molar-refractivity contribution in [3.05, 3.63) is 60.8 Å². The summed E-state index contributed by atoms with van der Waals surface area (Å²) in [6.45, 7) is 6.56. The molecule has 0 amide bonds. The standard InChI is InChI=1S/C57H100O6/c1-4-7-10-13-16-19-22-25-28-31-34-37-40-43-46-49-55(58)61-52-54(63-57(60)51-48-45-42-39-36-33-30-27-24-21-18-15-12-9-6-3)53-62-56(59)50-47-44-41-38-35-32-29-26-23-20-17-14-11-8-5-2/h16,18-19,21,25-30,54H,4-15,17,20,22-24,31-53H2,1-3H3/b19-16?,21-18?,28-25+,29-26+,30-27+. The first-order valence-corrected chi connectivity index (χ1v) is 26.8. The Labute approximate surface area is 390 Å². The summed E-state index contributed by atoms with van der Waals surface area (Å²) in [6.07, 6.45) is 63.4. The lowest BCUT2D eigenvalue weighted by molar-refractivity contribution is -0.167. The molecule has 63 heavy (non-hydrogen) atoms. The van der Waals surface area contributed by atoms with Crippen LogP contribution in [0, 0.1) is 0 Å². The lowest BCUT2D eigenvalue weighted by Gasteiger charge is -2.18. The molecule has 0 spiro atoms. The first-order chi connectivity index (χ1) is 31.0. The molecule has 6 nitrogen and oxygen atoms in total. The minimum absolute atomic E-state index is 0.0885. The van der Waals surface area contributed by atoms with Gasteiger partial charge in [0.25, 0.3) is 0 Å². The average molecular weight is 881 g/mol. The predicted molar refractivity (Wildman–Crippen MR) is 270 cm³/mol. The lowest BCUT2D eigenvalue weighted by Crippen LogP contribution is -2.30. The van der Waals surface area contributed by atoms with Gasteiger partial charge >= 0.3 is 17.9 Å². The molecule has 0 saturated heterocycles. The summed E-state index contributed by atoms with van der Waals surface area (Å²) in [4.78, 5) is 38.0. The topological polar surface area (TPSA) is 78.9 Å². The van der Waals surface area contributed by atoms with Crippen LogP contribution < -0.4 is 0 Å². The number of hydrogen-bond donors (Lipinski definition) is 0. The molecule has 1 atom stereocenters. The van der Waals surface area contributed by atoms with Crippen LogP contribution in [0.5, 0.6) is 0 Å². The smallest absolute Gasteiger partial charge is 0.306 e. The van der Waals surface area contributed by atoms with Gasteiger partial charge in [0.2, 0.25) is 0 Å². The van der Waals surface area contributed by atoms with Gasteiger partial charge in [-0.3, -0.25) is 14.4 Å². The van der Waals surface area contributed by atoms with E-state index in [0.29, 0.717) is 19.3 Å². The maximum Gasteiger partial charge on any atom is 0.306 e. The van der Waals surface area contributed by atoms with Gasteiger partial charge in [-0.2, -0.15) is 0 Å². The minimum Gasteiger partial charge on any atom is -0.462 e. The van der Waals surface area contributed by atoms with E-state index in [1.54, 1.807) is 0 Å². The van der Waals surface area contributed by atoms with Crippen LogP contribution in [0.3, 0.4) is 0 Å². The van der Waals surface area contributed by atoms with Crippen molar-refractivity contribution in [1.29, 1.82) is 0 Å². The second-order valence-electron chi connectivity index (χ2n) is 17.8. The Bertz CT molecular complexity index is 1150. The van der Waals surface area contributed by atoms with Crippen LogP contribution in [0.2, 0.25) is 0 Å². The molecular formula is C57H100O6. The molecule has 0 heterocycles. The van der Waals surface area contributed by atoms with Gasteiger partial charge in [0.15, 0.2) is 6.10 Å². The molecular weight excluding hydrogens is 781 g/mol. The summed E-state index contributed by atoms with van der Waals surface area (Å²) in [6, 6.07) is 0. The van der Waals surface area contributed by atoms with Crippen LogP contribution in [0.15, 0.2) is 60.8 Å². The van der Waals surface area contributed by atoms with Gasteiger partial charge in [0, 0.05) is 19.3 Å². The third kappa shape index (κ3) is 50.0. The molecule has 0 rings (SSSR count). The van der Waals surface area contributed by atoms with E-state index in [-0.39, 0.29) is 31.1 Å². The third-order valence-electron chi connectivity index (χ3n) is 11.5. The normalized spacial score (nSPS) is 12.5. The molecule has 0 radical (unpaired) electrons. The quantitative estimate of drug-likeness (QED) is 0.0262.